The van der Waals surface area contributed by atoms with Crippen LogP contribution in [0.1, 0.15) is 5.56 Å². The first kappa shape index (κ1) is 11.8. The topological polar surface area (TPSA) is 106 Å². The molecule has 0 atom stereocenters. The molecule has 96 valence electrons. The van der Waals surface area contributed by atoms with Gasteiger partial charge in [-0.05, 0) is 36.4 Å². The highest BCUT2D eigenvalue weighted by molar-refractivity contribution is 7.99. The van der Waals surface area contributed by atoms with Crippen LogP contribution in [0.15, 0.2) is 34.4 Å². The van der Waals surface area contributed by atoms with Crippen LogP contribution in [0.5, 0.6) is 0 Å². The van der Waals surface area contributed by atoms with Gasteiger partial charge in [0.25, 0.3) is 0 Å². The van der Waals surface area contributed by atoms with Crippen molar-refractivity contribution in [1.29, 1.82) is 0 Å². The number of hydrogen-bond donors (Lipinski definition) is 3. The number of rotatable bonds is 2. The van der Waals surface area contributed by atoms with Gasteiger partial charge in [0.1, 0.15) is 10.8 Å². The van der Waals surface area contributed by atoms with E-state index >= 15 is 0 Å². The van der Waals surface area contributed by atoms with Gasteiger partial charge in [0.15, 0.2) is 5.16 Å². The van der Waals surface area contributed by atoms with Gasteiger partial charge in [-0.3, -0.25) is 0 Å². The van der Waals surface area contributed by atoms with Gasteiger partial charge in [-0.25, -0.2) is 9.97 Å². The van der Waals surface area contributed by atoms with Crippen LogP contribution in [0.4, 0.5) is 11.8 Å². The molecule has 0 aliphatic carbocycles. The lowest BCUT2D eigenvalue weighted by Crippen LogP contribution is -1.99. The highest BCUT2D eigenvalue weighted by atomic mass is 32.2. The van der Waals surface area contributed by atoms with Crippen molar-refractivity contribution in [2.75, 3.05) is 11.5 Å². The summed E-state index contributed by atoms with van der Waals surface area (Å²) in [4.78, 5) is 15.6. The molecule has 7 heteroatoms. The molecule has 2 aromatic heterocycles. The number of benzene rings is 1. The highest BCUT2D eigenvalue weighted by Crippen LogP contribution is 2.27. The predicted octanol–water partition coefficient (Wildman–Crippen LogP) is 1.98. The zero-order valence-electron chi connectivity index (χ0n) is 10.2. The number of H-pyrrole nitrogens is 1. The number of anilines is 2. The van der Waals surface area contributed by atoms with E-state index in [2.05, 4.69) is 26.0 Å². The molecule has 6 nitrogen and oxygen atoms in total. The second-order valence-corrected chi connectivity index (χ2v) is 5.16. The molecule has 5 N–H and O–H groups in total. The molecule has 0 radical (unpaired) electrons. The predicted molar refractivity (Wildman–Crippen MR) is 75.8 cm³/mol. The zero-order chi connectivity index (χ0) is 13.4. The molecular formula is C12H12N6S. The van der Waals surface area contributed by atoms with Crippen molar-refractivity contribution in [2.24, 2.45) is 0 Å². The Bertz CT molecular complexity index is 731. The molecule has 0 unspecified atom stereocenters. The van der Waals surface area contributed by atoms with E-state index < -0.39 is 0 Å². The van der Waals surface area contributed by atoms with Gasteiger partial charge in [0, 0.05) is 6.07 Å². The maximum Gasteiger partial charge on any atom is 0.223 e. The van der Waals surface area contributed by atoms with Crippen molar-refractivity contribution >= 4 is 34.6 Å². The fourth-order valence-electron chi connectivity index (χ4n) is 1.76. The lowest BCUT2D eigenvalue weighted by atomic mass is 10.2. The summed E-state index contributed by atoms with van der Waals surface area (Å²) in [5.41, 5.74) is 14.3. The Morgan fingerprint density at radius 3 is 2.74 bits per heavy atom. The molecule has 3 rings (SSSR count). The van der Waals surface area contributed by atoms with Gasteiger partial charge < -0.3 is 16.5 Å². The number of imidazole rings is 1. The molecule has 2 heterocycles. The van der Waals surface area contributed by atoms with Gasteiger partial charge in [0.05, 0.1) is 11.0 Å². The third-order valence-electron chi connectivity index (χ3n) is 2.56. The number of aromatic amines is 1. The number of hydrogen-bond acceptors (Lipinski definition) is 6. The maximum atomic E-state index is 5.63. The van der Waals surface area contributed by atoms with Crippen LogP contribution in [0, 0.1) is 6.92 Å². The van der Waals surface area contributed by atoms with Crippen molar-refractivity contribution in [3.8, 4) is 0 Å². The van der Waals surface area contributed by atoms with Crippen molar-refractivity contribution in [2.45, 2.75) is 17.1 Å². The lowest BCUT2D eigenvalue weighted by Gasteiger charge is -1.99. The minimum Gasteiger partial charge on any atom is -0.383 e. The Labute approximate surface area is 113 Å². The first-order chi connectivity index (χ1) is 9.10. The molecule has 3 aromatic rings. The van der Waals surface area contributed by atoms with Crippen LogP contribution in [0.3, 0.4) is 0 Å². The number of aromatic nitrogens is 4. The van der Waals surface area contributed by atoms with E-state index in [4.69, 9.17) is 11.5 Å². The number of nitrogens with one attached hydrogen (secondary N) is 1. The van der Waals surface area contributed by atoms with E-state index in [0.29, 0.717) is 10.8 Å². The van der Waals surface area contributed by atoms with Crippen molar-refractivity contribution in [3.05, 3.63) is 29.8 Å². The van der Waals surface area contributed by atoms with Crippen LogP contribution < -0.4 is 11.5 Å². The Morgan fingerprint density at radius 2 is 1.95 bits per heavy atom. The van der Waals surface area contributed by atoms with E-state index in [-0.39, 0.29) is 5.95 Å². The smallest absolute Gasteiger partial charge is 0.223 e. The second kappa shape index (κ2) is 4.43. The molecule has 0 bridgehead atoms. The van der Waals surface area contributed by atoms with Crippen LogP contribution in [0.25, 0.3) is 11.0 Å². The summed E-state index contributed by atoms with van der Waals surface area (Å²) in [6.07, 6.45) is 0. The van der Waals surface area contributed by atoms with Gasteiger partial charge in [0.2, 0.25) is 5.95 Å². The maximum absolute atomic E-state index is 5.63. The zero-order valence-corrected chi connectivity index (χ0v) is 11.0. The first-order valence-corrected chi connectivity index (χ1v) is 6.46. The summed E-state index contributed by atoms with van der Waals surface area (Å²) in [6, 6.07) is 7.72. The normalized spacial score (nSPS) is 11.0. The van der Waals surface area contributed by atoms with Crippen molar-refractivity contribution in [1.82, 2.24) is 19.9 Å². The standard InChI is InChI=1S/C12H12N6S/c1-6-2-3-7-8(4-6)16-12(15-7)19-10-5-9(13)17-11(14)18-10/h2-5H,1H3,(H,15,16)(H4,13,14,17,18). The van der Waals surface area contributed by atoms with E-state index in [1.807, 2.05) is 19.1 Å². The third kappa shape index (κ3) is 2.45. The van der Waals surface area contributed by atoms with E-state index in [9.17, 15) is 0 Å². The van der Waals surface area contributed by atoms with Gasteiger partial charge in [-0.1, -0.05) is 6.07 Å². The molecule has 0 saturated heterocycles. The molecule has 0 saturated carbocycles. The summed E-state index contributed by atoms with van der Waals surface area (Å²) in [7, 11) is 0. The number of aryl methyl sites for hydroxylation is 1. The number of nitrogens with zero attached hydrogens (tertiary/aromatic N) is 3. The fourth-order valence-corrected chi connectivity index (χ4v) is 2.58. The molecule has 0 fully saturated rings. The molecule has 0 amide bonds. The summed E-state index contributed by atoms with van der Waals surface area (Å²) in [5.74, 6) is 0.511. The third-order valence-corrected chi connectivity index (χ3v) is 3.36. The van der Waals surface area contributed by atoms with Crippen molar-refractivity contribution in [3.63, 3.8) is 0 Å². The average Bonchev–Trinajstić information content (AvgIpc) is 2.68. The summed E-state index contributed by atoms with van der Waals surface area (Å²) in [6.45, 7) is 2.04. The fraction of sp³-hybridized carbons (Fsp3) is 0.0833. The van der Waals surface area contributed by atoms with Crippen LogP contribution in [-0.4, -0.2) is 19.9 Å². The van der Waals surface area contributed by atoms with E-state index in [1.165, 1.54) is 17.3 Å². The van der Waals surface area contributed by atoms with Crippen LogP contribution in [0.2, 0.25) is 0 Å². The Morgan fingerprint density at radius 1 is 1.11 bits per heavy atom. The lowest BCUT2D eigenvalue weighted by molar-refractivity contribution is 1.04. The van der Waals surface area contributed by atoms with Gasteiger partial charge >= 0.3 is 0 Å². The summed E-state index contributed by atoms with van der Waals surface area (Å²) in [5, 5.41) is 1.42. The quantitative estimate of drug-likeness (QED) is 0.616. The molecule has 1 aromatic carbocycles. The molecular weight excluding hydrogens is 260 g/mol. The Balaban J connectivity index is 1.96. The molecule has 19 heavy (non-hydrogen) atoms. The van der Waals surface area contributed by atoms with Gasteiger partial charge in [-0.2, -0.15) is 4.98 Å². The van der Waals surface area contributed by atoms with Gasteiger partial charge in [-0.15, -0.1) is 0 Å². The van der Waals surface area contributed by atoms with Crippen LogP contribution >= 0.6 is 11.8 Å². The van der Waals surface area contributed by atoms with Crippen LogP contribution in [-0.2, 0) is 0 Å². The minimum absolute atomic E-state index is 0.162. The number of fused-ring (bicyclic) bond motifs is 1. The summed E-state index contributed by atoms with van der Waals surface area (Å²) < 4.78 is 0. The Kier molecular flexibility index (Phi) is 2.75. The monoisotopic (exact) mass is 272 g/mol. The SMILES string of the molecule is Cc1ccc2nc(Sc3cc(N)nc(N)n3)[nH]c2c1. The average molecular weight is 272 g/mol. The minimum atomic E-state index is 0.162. The first-order valence-electron chi connectivity index (χ1n) is 5.64. The number of nitrogen functional groups attached to an aromatic ring is 2. The number of nitrogens with two attached hydrogens (primary N) is 2. The van der Waals surface area contributed by atoms with E-state index in [0.717, 1.165) is 16.2 Å². The Hall–Kier alpha value is -2.28. The molecule has 0 spiro atoms. The largest absolute Gasteiger partial charge is 0.383 e. The molecule has 0 aliphatic heterocycles. The molecule has 0 aliphatic rings. The van der Waals surface area contributed by atoms with Crippen molar-refractivity contribution < 1.29 is 0 Å². The second-order valence-electron chi connectivity index (χ2n) is 4.15. The highest BCUT2D eigenvalue weighted by Gasteiger charge is 2.07. The summed E-state index contributed by atoms with van der Waals surface area (Å²) >= 11 is 1.37. The van der Waals surface area contributed by atoms with E-state index in [1.54, 1.807) is 6.07 Å².